The average molecular weight is 282 g/mol. The van der Waals surface area contributed by atoms with Crippen LogP contribution in [-0.2, 0) is 16.4 Å². The van der Waals surface area contributed by atoms with E-state index in [1.165, 1.54) is 6.26 Å². The van der Waals surface area contributed by atoms with Crippen molar-refractivity contribution in [3.05, 3.63) is 35.9 Å². The Morgan fingerprint density at radius 2 is 2.05 bits per heavy atom. The van der Waals surface area contributed by atoms with Crippen molar-refractivity contribution in [3.63, 3.8) is 0 Å². The lowest BCUT2D eigenvalue weighted by atomic mass is 9.79. The van der Waals surface area contributed by atoms with Gasteiger partial charge in [-0.2, -0.15) is 0 Å². The Labute approximate surface area is 115 Å². The van der Waals surface area contributed by atoms with Crippen LogP contribution in [0.3, 0.4) is 0 Å². The first-order chi connectivity index (χ1) is 8.89. The predicted octanol–water partition coefficient (Wildman–Crippen LogP) is 1.15. The van der Waals surface area contributed by atoms with E-state index in [1.807, 2.05) is 30.3 Å². The van der Waals surface area contributed by atoms with Gasteiger partial charge in [-0.05, 0) is 30.4 Å². The number of nitrogens with one attached hydrogen (secondary N) is 2. The van der Waals surface area contributed by atoms with Gasteiger partial charge in [-0.25, -0.2) is 13.1 Å². The van der Waals surface area contributed by atoms with Crippen molar-refractivity contribution in [2.24, 2.45) is 5.41 Å². The van der Waals surface area contributed by atoms with Crippen molar-refractivity contribution in [1.29, 1.82) is 0 Å². The van der Waals surface area contributed by atoms with E-state index in [0.29, 0.717) is 0 Å². The summed E-state index contributed by atoms with van der Waals surface area (Å²) in [6.45, 7) is 3.96. The average Bonchev–Trinajstić information content (AvgIpc) is 2.76. The number of hydrogen-bond donors (Lipinski definition) is 2. The second-order valence-electron chi connectivity index (χ2n) is 5.71. The molecule has 4 nitrogen and oxygen atoms in total. The Hall–Kier alpha value is -0.910. The molecule has 5 heteroatoms. The molecule has 1 aromatic carbocycles. The molecule has 2 rings (SSSR count). The van der Waals surface area contributed by atoms with Gasteiger partial charge >= 0.3 is 0 Å². The molecule has 0 amide bonds. The zero-order valence-corrected chi connectivity index (χ0v) is 12.3. The number of sulfonamides is 1. The molecule has 2 unspecified atom stereocenters. The van der Waals surface area contributed by atoms with E-state index in [4.69, 9.17) is 0 Å². The van der Waals surface area contributed by atoms with Crippen LogP contribution in [0.2, 0.25) is 0 Å². The normalized spacial score (nSPS) is 25.4. The molecule has 1 fully saturated rings. The molecule has 0 spiro atoms. The molecular weight excluding hydrogens is 260 g/mol. The highest BCUT2D eigenvalue weighted by Crippen LogP contribution is 2.31. The van der Waals surface area contributed by atoms with Crippen LogP contribution in [0.1, 0.15) is 18.9 Å². The molecule has 106 valence electrons. The molecule has 19 heavy (non-hydrogen) atoms. The van der Waals surface area contributed by atoms with Crippen LogP contribution in [0.25, 0.3) is 0 Å². The van der Waals surface area contributed by atoms with Gasteiger partial charge in [0.25, 0.3) is 0 Å². The lowest BCUT2D eigenvalue weighted by molar-refractivity contribution is 0.265. The summed E-state index contributed by atoms with van der Waals surface area (Å²) in [4.78, 5) is 0. The number of benzene rings is 1. The fraction of sp³-hybridized carbons (Fsp3) is 0.571. The lowest BCUT2D eigenvalue weighted by Gasteiger charge is -2.33. The maximum absolute atomic E-state index is 11.6. The molecule has 2 atom stereocenters. The van der Waals surface area contributed by atoms with Crippen molar-refractivity contribution in [2.45, 2.75) is 25.8 Å². The van der Waals surface area contributed by atoms with Gasteiger partial charge in [-0.1, -0.05) is 37.3 Å². The summed E-state index contributed by atoms with van der Waals surface area (Å²) in [5.41, 5.74) is 1.13. The fourth-order valence-electron chi connectivity index (χ4n) is 2.67. The van der Waals surface area contributed by atoms with Crippen molar-refractivity contribution in [2.75, 3.05) is 19.3 Å². The third kappa shape index (κ3) is 4.03. The van der Waals surface area contributed by atoms with Crippen LogP contribution < -0.4 is 10.0 Å². The highest BCUT2D eigenvalue weighted by atomic mass is 32.2. The first-order valence-electron chi connectivity index (χ1n) is 6.61. The third-order valence-corrected chi connectivity index (χ3v) is 4.59. The van der Waals surface area contributed by atoms with Gasteiger partial charge in [0.2, 0.25) is 10.0 Å². The minimum Gasteiger partial charge on any atom is -0.316 e. The van der Waals surface area contributed by atoms with Gasteiger partial charge in [0, 0.05) is 12.6 Å². The summed E-state index contributed by atoms with van der Waals surface area (Å²) < 4.78 is 26.0. The monoisotopic (exact) mass is 282 g/mol. The van der Waals surface area contributed by atoms with E-state index in [9.17, 15) is 8.42 Å². The number of rotatable bonds is 5. The molecule has 1 aromatic rings. The van der Waals surface area contributed by atoms with Gasteiger partial charge in [0.05, 0.1) is 6.26 Å². The Balaban J connectivity index is 2.19. The highest BCUT2D eigenvalue weighted by molar-refractivity contribution is 7.88. The Bertz CT molecular complexity index is 508. The molecule has 2 N–H and O–H groups in total. The molecular formula is C14H22N2O2S. The van der Waals surface area contributed by atoms with E-state index in [0.717, 1.165) is 31.5 Å². The van der Waals surface area contributed by atoms with Crippen LogP contribution >= 0.6 is 0 Å². The van der Waals surface area contributed by atoms with Crippen LogP contribution in [0.5, 0.6) is 0 Å². The van der Waals surface area contributed by atoms with E-state index >= 15 is 0 Å². The maximum atomic E-state index is 11.6. The lowest BCUT2D eigenvalue weighted by Crippen LogP contribution is -2.48. The molecule has 1 aliphatic rings. The molecule has 0 aromatic heterocycles. The highest BCUT2D eigenvalue weighted by Gasteiger charge is 2.38. The Morgan fingerprint density at radius 3 is 2.58 bits per heavy atom. The van der Waals surface area contributed by atoms with Gasteiger partial charge in [0.15, 0.2) is 0 Å². The minimum atomic E-state index is -3.20. The zero-order valence-electron chi connectivity index (χ0n) is 11.5. The Morgan fingerprint density at radius 1 is 1.37 bits per heavy atom. The van der Waals surface area contributed by atoms with Crippen LogP contribution in [0.15, 0.2) is 30.3 Å². The quantitative estimate of drug-likeness (QED) is 0.851. The molecule has 1 aliphatic heterocycles. The molecule has 0 bridgehead atoms. The summed E-state index contributed by atoms with van der Waals surface area (Å²) in [6.07, 6.45) is 2.95. The van der Waals surface area contributed by atoms with E-state index in [1.54, 1.807) is 0 Å². The van der Waals surface area contributed by atoms with Gasteiger partial charge in [-0.15, -0.1) is 0 Å². The molecule has 1 heterocycles. The first kappa shape index (κ1) is 14.5. The van der Waals surface area contributed by atoms with Gasteiger partial charge in [-0.3, -0.25) is 0 Å². The summed E-state index contributed by atoms with van der Waals surface area (Å²) in [6, 6.07) is 9.97. The topological polar surface area (TPSA) is 58.2 Å². The Kier molecular flexibility index (Phi) is 4.28. The second kappa shape index (κ2) is 5.61. The van der Waals surface area contributed by atoms with Crippen molar-refractivity contribution in [3.8, 4) is 0 Å². The van der Waals surface area contributed by atoms with E-state index in [-0.39, 0.29) is 11.5 Å². The minimum absolute atomic E-state index is 0.0288. The standard InChI is InChI=1S/C14H22N2O2S/c1-14(8-9-15-11-14)13(16-19(2,17)18)10-12-6-4-3-5-7-12/h3-7,13,15-16H,8-11H2,1-2H3. The summed E-state index contributed by atoms with van der Waals surface area (Å²) in [5.74, 6) is 0. The van der Waals surface area contributed by atoms with E-state index < -0.39 is 10.0 Å². The van der Waals surface area contributed by atoms with Crippen LogP contribution in [-0.4, -0.2) is 33.8 Å². The van der Waals surface area contributed by atoms with E-state index in [2.05, 4.69) is 17.0 Å². The van der Waals surface area contributed by atoms with Gasteiger partial charge in [0.1, 0.15) is 0 Å². The second-order valence-corrected chi connectivity index (χ2v) is 7.49. The van der Waals surface area contributed by atoms with Crippen LogP contribution in [0, 0.1) is 5.41 Å². The molecule has 0 saturated carbocycles. The number of hydrogen-bond acceptors (Lipinski definition) is 3. The molecule has 0 aliphatic carbocycles. The predicted molar refractivity (Wildman–Crippen MR) is 77.5 cm³/mol. The van der Waals surface area contributed by atoms with Crippen LogP contribution in [0.4, 0.5) is 0 Å². The van der Waals surface area contributed by atoms with Crippen molar-refractivity contribution >= 4 is 10.0 Å². The van der Waals surface area contributed by atoms with Crippen molar-refractivity contribution < 1.29 is 8.42 Å². The largest absolute Gasteiger partial charge is 0.316 e. The first-order valence-corrected chi connectivity index (χ1v) is 8.50. The summed E-state index contributed by atoms with van der Waals surface area (Å²) in [7, 11) is -3.20. The fourth-order valence-corrected chi connectivity index (χ4v) is 3.56. The maximum Gasteiger partial charge on any atom is 0.208 e. The zero-order chi connectivity index (χ0) is 13.9. The summed E-state index contributed by atoms with van der Waals surface area (Å²) in [5, 5.41) is 3.33. The van der Waals surface area contributed by atoms with Crippen molar-refractivity contribution in [1.82, 2.24) is 10.0 Å². The molecule has 0 radical (unpaired) electrons. The van der Waals surface area contributed by atoms with Gasteiger partial charge < -0.3 is 5.32 Å². The smallest absolute Gasteiger partial charge is 0.208 e. The SMILES string of the molecule is CC1(C(Cc2ccccc2)NS(C)(=O)=O)CCNC1. The third-order valence-electron chi connectivity index (χ3n) is 3.88. The summed E-state index contributed by atoms with van der Waals surface area (Å²) >= 11 is 0. The molecule has 1 saturated heterocycles.